The molecule has 0 aliphatic carbocycles. The number of nitrogens with one attached hydrogen (secondary N) is 1. The molecule has 1 aliphatic heterocycles. The van der Waals surface area contributed by atoms with E-state index < -0.39 is 5.60 Å². The minimum atomic E-state index is -0.480. The number of fused-ring (bicyclic) bond motifs is 1. The molecule has 1 atom stereocenters. The lowest BCUT2D eigenvalue weighted by Crippen LogP contribution is -2.54. The van der Waals surface area contributed by atoms with E-state index in [9.17, 15) is 4.79 Å². The van der Waals surface area contributed by atoms with E-state index in [0.29, 0.717) is 19.6 Å². The van der Waals surface area contributed by atoms with Crippen LogP contribution in [0.5, 0.6) is 0 Å². The van der Waals surface area contributed by atoms with Crippen molar-refractivity contribution in [3.8, 4) is 0 Å². The fourth-order valence-electron chi connectivity index (χ4n) is 2.89. The van der Waals surface area contributed by atoms with Gasteiger partial charge in [0.2, 0.25) is 0 Å². The van der Waals surface area contributed by atoms with Gasteiger partial charge >= 0.3 is 6.09 Å². The molecular formula is C16H22BrN5O2. The zero-order valence-corrected chi connectivity index (χ0v) is 15.9. The summed E-state index contributed by atoms with van der Waals surface area (Å²) in [5.41, 5.74) is 0.320. The van der Waals surface area contributed by atoms with Crippen molar-refractivity contribution in [1.82, 2.24) is 19.9 Å². The van der Waals surface area contributed by atoms with Crippen LogP contribution in [0.25, 0.3) is 11.0 Å². The second-order valence-electron chi connectivity index (χ2n) is 7.03. The Morgan fingerprint density at radius 2 is 2.12 bits per heavy atom. The van der Waals surface area contributed by atoms with Gasteiger partial charge in [-0.25, -0.2) is 14.8 Å². The van der Waals surface area contributed by atoms with Gasteiger partial charge in [-0.2, -0.15) is 0 Å². The van der Waals surface area contributed by atoms with Crippen LogP contribution in [-0.2, 0) is 4.74 Å². The smallest absolute Gasteiger partial charge is 0.410 e. The summed E-state index contributed by atoms with van der Waals surface area (Å²) >= 11 is 3.55. The second kappa shape index (κ2) is 6.23. The molecule has 24 heavy (non-hydrogen) atoms. The minimum Gasteiger partial charge on any atom is -0.444 e. The van der Waals surface area contributed by atoms with Crippen LogP contribution in [0, 0.1) is 0 Å². The van der Waals surface area contributed by atoms with Crippen LogP contribution in [-0.4, -0.2) is 57.2 Å². The van der Waals surface area contributed by atoms with Crippen molar-refractivity contribution in [2.45, 2.75) is 39.3 Å². The maximum atomic E-state index is 12.3. The minimum absolute atomic E-state index is 0.131. The van der Waals surface area contributed by atoms with Crippen LogP contribution in [0.15, 0.2) is 17.0 Å². The first kappa shape index (κ1) is 17.0. The monoisotopic (exact) mass is 395 g/mol. The molecule has 0 bridgehead atoms. The number of hydrogen-bond donors (Lipinski definition) is 1. The van der Waals surface area contributed by atoms with Gasteiger partial charge in [0.25, 0.3) is 0 Å². The van der Waals surface area contributed by atoms with Gasteiger partial charge in [-0.15, -0.1) is 0 Å². The van der Waals surface area contributed by atoms with Crippen molar-refractivity contribution in [1.29, 1.82) is 0 Å². The molecule has 2 aromatic rings. The van der Waals surface area contributed by atoms with Gasteiger partial charge in [0.1, 0.15) is 23.4 Å². The molecule has 1 aliphatic rings. The zero-order valence-electron chi connectivity index (χ0n) is 14.3. The Balaban J connectivity index is 1.79. The summed E-state index contributed by atoms with van der Waals surface area (Å²) in [6.07, 6.45) is 3.17. The second-order valence-corrected chi connectivity index (χ2v) is 7.88. The first-order chi connectivity index (χ1) is 11.3. The first-order valence-electron chi connectivity index (χ1n) is 7.98. The standard InChI is InChI=1S/C16H22BrN5O2/c1-10-8-21(15(23)24-16(2,3)4)5-6-22(10)14-12-11(17)7-18-13(12)19-9-20-14/h7,9-10H,5-6,8H2,1-4H3,(H,18,19,20). The molecule has 7 nitrogen and oxygen atoms in total. The maximum Gasteiger partial charge on any atom is 0.410 e. The first-order valence-corrected chi connectivity index (χ1v) is 8.78. The molecule has 0 aromatic carbocycles. The highest BCUT2D eigenvalue weighted by Gasteiger charge is 2.31. The third-order valence-corrected chi connectivity index (χ3v) is 4.58. The van der Waals surface area contributed by atoms with Crippen molar-refractivity contribution in [3.05, 3.63) is 17.0 Å². The molecule has 2 aromatic heterocycles. The summed E-state index contributed by atoms with van der Waals surface area (Å²) in [5, 5.41) is 0.968. The quantitative estimate of drug-likeness (QED) is 0.802. The molecule has 1 saturated heterocycles. The third-order valence-electron chi connectivity index (χ3n) is 3.95. The molecule has 0 spiro atoms. The van der Waals surface area contributed by atoms with Gasteiger partial charge in [0.15, 0.2) is 0 Å². The number of halogens is 1. The maximum absolute atomic E-state index is 12.3. The number of nitrogens with zero attached hydrogens (tertiary/aromatic N) is 4. The SMILES string of the molecule is CC1CN(C(=O)OC(C)(C)C)CCN1c1ncnc2[nH]cc(Br)c12. The Bertz CT molecular complexity index is 754. The van der Waals surface area contributed by atoms with Crippen LogP contribution in [0.2, 0.25) is 0 Å². The number of rotatable bonds is 1. The van der Waals surface area contributed by atoms with Crippen LogP contribution < -0.4 is 4.90 Å². The number of piperazine rings is 1. The van der Waals surface area contributed by atoms with E-state index in [1.165, 1.54) is 0 Å². The Kier molecular flexibility index (Phi) is 4.42. The van der Waals surface area contributed by atoms with E-state index in [1.807, 2.05) is 27.0 Å². The molecule has 0 saturated carbocycles. The number of aromatic nitrogens is 3. The predicted octanol–water partition coefficient (Wildman–Crippen LogP) is 3.17. The normalized spacial score (nSPS) is 19.0. The van der Waals surface area contributed by atoms with Crippen molar-refractivity contribution in [3.63, 3.8) is 0 Å². The molecule has 1 fully saturated rings. The summed E-state index contributed by atoms with van der Waals surface area (Å²) in [7, 11) is 0. The van der Waals surface area contributed by atoms with Gasteiger partial charge in [-0.05, 0) is 43.6 Å². The molecule has 0 radical (unpaired) electrons. The molecular weight excluding hydrogens is 374 g/mol. The Hall–Kier alpha value is -1.83. The number of carbonyl (C=O) groups is 1. The molecule has 1 N–H and O–H groups in total. The lowest BCUT2D eigenvalue weighted by molar-refractivity contribution is 0.0218. The number of hydrogen-bond acceptors (Lipinski definition) is 5. The third kappa shape index (κ3) is 3.33. The lowest BCUT2D eigenvalue weighted by Gasteiger charge is -2.40. The van der Waals surface area contributed by atoms with Crippen molar-refractivity contribution < 1.29 is 9.53 Å². The largest absolute Gasteiger partial charge is 0.444 e. The van der Waals surface area contributed by atoms with Crippen LogP contribution in [0.1, 0.15) is 27.7 Å². The fourth-order valence-corrected chi connectivity index (χ4v) is 3.37. The summed E-state index contributed by atoms with van der Waals surface area (Å²) in [6.45, 7) is 9.63. The summed E-state index contributed by atoms with van der Waals surface area (Å²) < 4.78 is 6.41. The average molecular weight is 396 g/mol. The van der Waals surface area contributed by atoms with Gasteiger partial charge in [0, 0.05) is 36.3 Å². The van der Waals surface area contributed by atoms with E-state index in [0.717, 1.165) is 21.3 Å². The van der Waals surface area contributed by atoms with E-state index in [2.05, 4.69) is 42.7 Å². The fraction of sp³-hybridized carbons (Fsp3) is 0.562. The number of carbonyl (C=O) groups excluding carboxylic acids is 1. The molecule has 1 amide bonds. The lowest BCUT2D eigenvalue weighted by atomic mass is 10.1. The average Bonchev–Trinajstić information content (AvgIpc) is 2.87. The Morgan fingerprint density at radius 3 is 2.79 bits per heavy atom. The van der Waals surface area contributed by atoms with Crippen molar-refractivity contribution in [2.75, 3.05) is 24.5 Å². The zero-order chi connectivity index (χ0) is 17.5. The molecule has 3 rings (SSSR count). The number of ether oxygens (including phenoxy) is 1. The highest BCUT2D eigenvalue weighted by molar-refractivity contribution is 9.10. The van der Waals surface area contributed by atoms with Gasteiger partial charge in [-0.1, -0.05) is 0 Å². The molecule has 1 unspecified atom stereocenters. The van der Waals surface area contributed by atoms with Crippen LogP contribution >= 0.6 is 15.9 Å². The topological polar surface area (TPSA) is 74.3 Å². The van der Waals surface area contributed by atoms with Crippen LogP contribution in [0.4, 0.5) is 10.6 Å². The molecule has 130 valence electrons. The Labute approximate surface area is 149 Å². The van der Waals surface area contributed by atoms with Crippen LogP contribution in [0.3, 0.4) is 0 Å². The Morgan fingerprint density at radius 1 is 1.38 bits per heavy atom. The van der Waals surface area contributed by atoms with Gasteiger partial charge < -0.3 is 19.5 Å². The molecule has 3 heterocycles. The van der Waals surface area contributed by atoms with E-state index in [4.69, 9.17) is 4.74 Å². The predicted molar refractivity (Wildman–Crippen MR) is 96.2 cm³/mol. The van der Waals surface area contributed by atoms with Gasteiger partial charge in [-0.3, -0.25) is 0 Å². The van der Waals surface area contributed by atoms with Crippen molar-refractivity contribution >= 4 is 38.9 Å². The molecule has 8 heteroatoms. The van der Waals surface area contributed by atoms with E-state index >= 15 is 0 Å². The number of aromatic amines is 1. The van der Waals surface area contributed by atoms with Crippen molar-refractivity contribution in [2.24, 2.45) is 0 Å². The highest BCUT2D eigenvalue weighted by atomic mass is 79.9. The summed E-state index contributed by atoms with van der Waals surface area (Å²) in [5.74, 6) is 0.879. The number of amides is 1. The van der Waals surface area contributed by atoms with Gasteiger partial charge in [0.05, 0.1) is 5.39 Å². The van der Waals surface area contributed by atoms with E-state index in [1.54, 1.807) is 11.2 Å². The summed E-state index contributed by atoms with van der Waals surface area (Å²) in [6, 6.07) is 0.131. The number of H-pyrrole nitrogens is 1. The number of anilines is 1. The summed E-state index contributed by atoms with van der Waals surface area (Å²) in [4.78, 5) is 28.1. The van der Waals surface area contributed by atoms with E-state index in [-0.39, 0.29) is 12.1 Å². The highest BCUT2D eigenvalue weighted by Crippen LogP contribution is 2.32.